The third-order valence-electron chi connectivity index (χ3n) is 8.53. The predicted molar refractivity (Wildman–Crippen MR) is 142 cm³/mol. The minimum atomic E-state index is -0.517. The maximum absolute atomic E-state index is 14.1. The number of nitrogens with zero attached hydrogens (tertiary/aromatic N) is 2. The highest BCUT2D eigenvalue weighted by Gasteiger charge is 2.49. The number of methoxy groups -OCH3 is 2. The van der Waals surface area contributed by atoms with Gasteiger partial charge in [-0.25, -0.2) is 0 Å². The summed E-state index contributed by atoms with van der Waals surface area (Å²) in [5.41, 5.74) is 4.02. The highest BCUT2D eigenvalue weighted by Crippen LogP contribution is 2.44. The summed E-state index contributed by atoms with van der Waals surface area (Å²) in [5, 5.41) is 1.12. The molecule has 3 aliphatic rings. The highest BCUT2D eigenvalue weighted by molar-refractivity contribution is 5.98. The van der Waals surface area contributed by atoms with Crippen LogP contribution in [0.2, 0.25) is 0 Å². The molecule has 7 nitrogen and oxygen atoms in total. The number of hydrogen-bond donors (Lipinski definition) is 1. The number of carbonyl (C=O) groups is 2. The van der Waals surface area contributed by atoms with Crippen LogP contribution in [0.4, 0.5) is 0 Å². The summed E-state index contributed by atoms with van der Waals surface area (Å²) in [5.74, 6) is 1.33. The molecule has 1 N–H and O–H groups in total. The Balaban J connectivity index is 1.45. The fourth-order valence-electron chi connectivity index (χ4n) is 6.71. The largest absolute Gasteiger partial charge is 0.493 e. The number of ether oxygens (including phenoxy) is 2. The van der Waals surface area contributed by atoms with Crippen LogP contribution >= 0.6 is 0 Å². The first-order valence-corrected chi connectivity index (χ1v) is 13.5. The summed E-state index contributed by atoms with van der Waals surface area (Å²) < 4.78 is 11.1. The molecule has 6 rings (SSSR count). The van der Waals surface area contributed by atoms with Gasteiger partial charge in [0.15, 0.2) is 11.5 Å². The number of hydrogen-bond acceptors (Lipinski definition) is 4. The van der Waals surface area contributed by atoms with E-state index < -0.39 is 12.1 Å². The smallest absolute Gasteiger partial charge is 0.246 e. The Labute approximate surface area is 217 Å². The Hall–Kier alpha value is -3.48. The van der Waals surface area contributed by atoms with Crippen LogP contribution in [-0.4, -0.2) is 59.4 Å². The second-order valence-corrected chi connectivity index (χ2v) is 10.6. The third-order valence-corrected chi connectivity index (χ3v) is 8.53. The van der Waals surface area contributed by atoms with E-state index in [4.69, 9.17) is 9.47 Å². The van der Waals surface area contributed by atoms with Crippen molar-refractivity contribution in [3.63, 3.8) is 0 Å². The van der Waals surface area contributed by atoms with Crippen LogP contribution in [0, 0.1) is 0 Å². The van der Waals surface area contributed by atoms with Crippen molar-refractivity contribution >= 4 is 22.7 Å². The van der Waals surface area contributed by atoms with E-state index in [1.807, 2.05) is 40.1 Å². The number of nitrogens with one attached hydrogen (secondary N) is 1. The average molecular weight is 502 g/mol. The van der Waals surface area contributed by atoms with Crippen molar-refractivity contribution in [2.24, 2.45) is 0 Å². The fourth-order valence-corrected chi connectivity index (χ4v) is 6.71. The van der Waals surface area contributed by atoms with Gasteiger partial charge in [0.25, 0.3) is 0 Å². The molecule has 3 heterocycles. The lowest BCUT2D eigenvalue weighted by atomic mass is 9.85. The summed E-state index contributed by atoms with van der Waals surface area (Å²) >= 11 is 0. The molecule has 194 valence electrons. The van der Waals surface area contributed by atoms with Crippen LogP contribution in [-0.2, 0) is 16.0 Å². The molecule has 7 heteroatoms. The van der Waals surface area contributed by atoms with Gasteiger partial charge in [-0.1, -0.05) is 56.4 Å². The summed E-state index contributed by atoms with van der Waals surface area (Å²) in [4.78, 5) is 35.4. The molecule has 1 aromatic heterocycles. The molecular formula is C30H35N3O4. The van der Waals surface area contributed by atoms with Gasteiger partial charge in [0, 0.05) is 29.1 Å². The average Bonchev–Trinajstić information content (AvgIpc) is 3.27. The molecule has 2 fully saturated rings. The number of aromatic amines is 1. The van der Waals surface area contributed by atoms with Crippen LogP contribution in [0.5, 0.6) is 11.5 Å². The maximum atomic E-state index is 14.1. The zero-order valence-electron chi connectivity index (χ0n) is 21.7. The highest BCUT2D eigenvalue weighted by atomic mass is 16.5. The van der Waals surface area contributed by atoms with Crippen molar-refractivity contribution < 1.29 is 19.1 Å². The number of carbonyl (C=O) groups excluding carboxylic acids is 2. The van der Waals surface area contributed by atoms with Crippen LogP contribution in [0.15, 0.2) is 42.5 Å². The molecule has 1 aliphatic carbocycles. The van der Waals surface area contributed by atoms with E-state index >= 15 is 0 Å². The van der Waals surface area contributed by atoms with E-state index in [1.165, 1.54) is 19.3 Å². The number of fused-ring (bicyclic) bond motifs is 4. The number of piperazine rings is 1. The third kappa shape index (κ3) is 4.05. The number of rotatable bonds is 4. The molecule has 2 atom stereocenters. The van der Waals surface area contributed by atoms with Gasteiger partial charge in [0.05, 0.1) is 20.3 Å². The molecule has 2 aliphatic heterocycles. The van der Waals surface area contributed by atoms with E-state index in [0.29, 0.717) is 17.9 Å². The number of aromatic nitrogens is 1. The van der Waals surface area contributed by atoms with Gasteiger partial charge in [-0.2, -0.15) is 0 Å². The minimum Gasteiger partial charge on any atom is -0.493 e. The first-order valence-electron chi connectivity index (χ1n) is 13.5. The van der Waals surface area contributed by atoms with Crippen molar-refractivity contribution in [3.05, 3.63) is 59.3 Å². The Morgan fingerprint density at radius 2 is 1.62 bits per heavy atom. The van der Waals surface area contributed by atoms with Gasteiger partial charge in [0.2, 0.25) is 11.8 Å². The molecule has 3 aromatic rings. The molecule has 2 aromatic carbocycles. The molecule has 2 amide bonds. The zero-order chi connectivity index (χ0) is 25.5. The molecule has 1 saturated carbocycles. The van der Waals surface area contributed by atoms with Crippen molar-refractivity contribution in [3.8, 4) is 11.5 Å². The summed E-state index contributed by atoms with van der Waals surface area (Å²) in [7, 11) is 3.23. The van der Waals surface area contributed by atoms with E-state index in [9.17, 15) is 9.59 Å². The molecule has 2 unspecified atom stereocenters. The lowest BCUT2D eigenvalue weighted by Gasteiger charge is -2.49. The zero-order valence-corrected chi connectivity index (χ0v) is 21.7. The second-order valence-electron chi connectivity index (χ2n) is 10.6. The first kappa shape index (κ1) is 23.9. The van der Waals surface area contributed by atoms with Crippen molar-refractivity contribution in [2.75, 3.05) is 20.8 Å². The van der Waals surface area contributed by atoms with Crippen LogP contribution in [0.1, 0.15) is 67.8 Å². The van der Waals surface area contributed by atoms with E-state index in [1.54, 1.807) is 14.2 Å². The predicted octanol–water partition coefficient (Wildman–Crippen LogP) is 4.98. The van der Waals surface area contributed by atoms with Gasteiger partial charge in [-0.15, -0.1) is 0 Å². The minimum absolute atomic E-state index is 0.00995. The van der Waals surface area contributed by atoms with Crippen molar-refractivity contribution in [2.45, 2.75) is 69.5 Å². The maximum Gasteiger partial charge on any atom is 0.246 e. The number of amides is 2. The van der Waals surface area contributed by atoms with Gasteiger partial charge >= 0.3 is 0 Å². The molecule has 37 heavy (non-hydrogen) atoms. The molecule has 0 spiro atoms. The van der Waals surface area contributed by atoms with Crippen LogP contribution in [0.3, 0.4) is 0 Å². The molecular weight excluding hydrogens is 466 g/mol. The van der Waals surface area contributed by atoms with Gasteiger partial charge in [-0.05, 0) is 42.2 Å². The Morgan fingerprint density at radius 1 is 0.892 bits per heavy atom. The number of benzene rings is 2. The fraction of sp³-hybridized carbons (Fsp3) is 0.467. The van der Waals surface area contributed by atoms with E-state index in [0.717, 1.165) is 53.4 Å². The summed E-state index contributed by atoms with van der Waals surface area (Å²) in [6.45, 7) is 0.152. The Morgan fingerprint density at radius 3 is 2.38 bits per heavy atom. The number of para-hydroxylation sites is 1. The number of H-pyrrole nitrogens is 1. The topological polar surface area (TPSA) is 74.9 Å². The first-order chi connectivity index (χ1) is 18.1. The Bertz CT molecular complexity index is 1320. The van der Waals surface area contributed by atoms with Gasteiger partial charge in [-0.3, -0.25) is 9.59 Å². The monoisotopic (exact) mass is 501 g/mol. The lowest BCUT2D eigenvalue weighted by molar-refractivity contribution is -0.161. The standard InChI is InChI=1S/C30H35N3O4/c1-36-25-15-14-19(16-26(25)37-2)29-28-22(21-12-8-9-13-23(21)31-28)17-24-30(35)32(18-27(34)33(24)29)20-10-6-4-3-5-7-11-20/h8-9,12-16,20,24,29,31H,3-7,10-11,17-18H2,1-2H3. The normalized spacial score (nSPS) is 22.9. The molecule has 1 saturated heterocycles. The van der Waals surface area contributed by atoms with E-state index in [-0.39, 0.29) is 24.4 Å². The second kappa shape index (κ2) is 9.77. The van der Waals surface area contributed by atoms with Crippen molar-refractivity contribution in [1.82, 2.24) is 14.8 Å². The SMILES string of the molecule is COc1ccc(C2c3[nH]c4ccccc4c3CC3C(=O)N(C4CCCCCCC4)CC(=O)N32)cc1OC. The lowest BCUT2D eigenvalue weighted by Crippen LogP contribution is -2.64. The van der Waals surface area contributed by atoms with E-state index in [2.05, 4.69) is 17.1 Å². The quantitative estimate of drug-likeness (QED) is 0.547. The van der Waals surface area contributed by atoms with Crippen molar-refractivity contribution in [1.29, 1.82) is 0 Å². The van der Waals surface area contributed by atoms with Crippen LogP contribution in [0.25, 0.3) is 10.9 Å². The van der Waals surface area contributed by atoms with Gasteiger partial charge < -0.3 is 24.3 Å². The van der Waals surface area contributed by atoms with Crippen LogP contribution < -0.4 is 9.47 Å². The summed E-state index contributed by atoms with van der Waals surface area (Å²) in [6, 6.07) is 13.2. The summed E-state index contributed by atoms with van der Waals surface area (Å²) in [6.07, 6.45) is 8.44. The Kier molecular flexibility index (Phi) is 6.31. The van der Waals surface area contributed by atoms with Gasteiger partial charge in [0.1, 0.15) is 12.6 Å². The molecule has 0 radical (unpaired) electrons. The molecule has 0 bridgehead atoms.